The summed E-state index contributed by atoms with van der Waals surface area (Å²) in [6.07, 6.45) is 1.20. The smallest absolute Gasteiger partial charge is 0.121 e. The zero-order valence-corrected chi connectivity index (χ0v) is 11.6. The lowest BCUT2D eigenvalue weighted by Gasteiger charge is -2.21. The molecule has 2 rings (SSSR count). The first-order valence-electron chi connectivity index (χ1n) is 6.74. The molecule has 3 N–H and O–H groups in total. The Morgan fingerprint density at radius 1 is 1.33 bits per heavy atom. The Kier molecular flexibility index (Phi) is 3.93. The summed E-state index contributed by atoms with van der Waals surface area (Å²) in [6, 6.07) is 4.78. The van der Waals surface area contributed by atoms with Gasteiger partial charge in [0.25, 0.3) is 0 Å². The number of rotatable bonds is 3. The van der Waals surface area contributed by atoms with Gasteiger partial charge in [0.05, 0.1) is 0 Å². The maximum absolute atomic E-state index is 9.79. The normalized spacial score (nSPS) is 24.7. The van der Waals surface area contributed by atoms with Gasteiger partial charge in [-0.05, 0) is 56.3 Å². The molecule has 0 spiro atoms. The Hall–Kier alpha value is -1.06. The van der Waals surface area contributed by atoms with Crippen molar-refractivity contribution in [1.29, 1.82) is 0 Å². The summed E-state index contributed by atoms with van der Waals surface area (Å²) >= 11 is 0. The monoisotopic (exact) mass is 248 g/mol. The molecule has 2 unspecified atom stereocenters. The van der Waals surface area contributed by atoms with E-state index in [2.05, 4.69) is 24.0 Å². The highest BCUT2D eigenvalue weighted by molar-refractivity contribution is 5.42. The van der Waals surface area contributed by atoms with Crippen molar-refractivity contribution in [3.63, 3.8) is 0 Å². The second kappa shape index (κ2) is 5.29. The molecule has 0 saturated carbocycles. The first kappa shape index (κ1) is 13.4. The van der Waals surface area contributed by atoms with Crippen LogP contribution >= 0.6 is 0 Å². The SMILES string of the molecule is Cc1cc(CN2CC(CN)CC2C)cc(C)c1O. The molecule has 1 aliphatic rings. The number of phenolic OH excluding ortho intramolecular Hbond substituents is 1. The highest BCUT2D eigenvalue weighted by Gasteiger charge is 2.27. The molecule has 1 aliphatic heterocycles. The van der Waals surface area contributed by atoms with E-state index < -0.39 is 0 Å². The summed E-state index contributed by atoms with van der Waals surface area (Å²) in [5, 5.41) is 9.79. The molecule has 100 valence electrons. The molecule has 1 aromatic rings. The van der Waals surface area contributed by atoms with E-state index >= 15 is 0 Å². The van der Waals surface area contributed by atoms with Gasteiger partial charge >= 0.3 is 0 Å². The molecule has 0 amide bonds. The Morgan fingerprint density at radius 2 is 1.94 bits per heavy atom. The van der Waals surface area contributed by atoms with Gasteiger partial charge in [0.15, 0.2) is 0 Å². The predicted molar refractivity (Wildman–Crippen MR) is 74.6 cm³/mol. The third-order valence-corrected chi connectivity index (χ3v) is 4.06. The van der Waals surface area contributed by atoms with E-state index in [1.54, 1.807) is 0 Å². The largest absolute Gasteiger partial charge is 0.507 e. The van der Waals surface area contributed by atoms with Crippen LogP contribution in [0.2, 0.25) is 0 Å². The van der Waals surface area contributed by atoms with Crippen LogP contribution in [0.1, 0.15) is 30.0 Å². The van der Waals surface area contributed by atoms with Crippen LogP contribution in [-0.2, 0) is 6.54 Å². The number of aromatic hydroxyl groups is 1. The number of hydrogen-bond donors (Lipinski definition) is 2. The lowest BCUT2D eigenvalue weighted by Crippen LogP contribution is -2.27. The molecule has 1 saturated heterocycles. The van der Waals surface area contributed by atoms with Crippen molar-refractivity contribution >= 4 is 0 Å². The number of aryl methyl sites for hydroxylation is 2. The molecule has 1 fully saturated rings. The van der Waals surface area contributed by atoms with Crippen molar-refractivity contribution in [3.05, 3.63) is 28.8 Å². The average molecular weight is 248 g/mol. The summed E-state index contributed by atoms with van der Waals surface area (Å²) < 4.78 is 0. The highest BCUT2D eigenvalue weighted by atomic mass is 16.3. The Bertz CT molecular complexity index is 407. The molecular weight excluding hydrogens is 224 g/mol. The number of nitrogens with two attached hydrogens (primary N) is 1. The van der Waals surface area contributed by atoms with E-state index in [0.717, 1.165) is 30.8 Å². The minimum absolute atomic E-state index is 0.424. The minimum atomic E-state index is 0.424. The second-order valence-corrected chi connectivity index (χ2v) is 5.69. The summed E-state index contributed by atoms with van der Waals surface area (Å²) in [6.45, 7) is 9.03. The Labute approximate surface area is 110 Å². The van der Waals surface area contributed by atoms with E-state index in [0.29, 0.717) is 17.7 Å². The van der Waals surface area contributed by atoms with Gasteiger partial charge in [-0.2, -0.15) is 0 Å². The summed E-state index contributed by atoms with van der Waals surface area (Å²) in [7, 11) is 0. The minimum Gasteiger partial charge on any atom is -0.507 e. The molecule has 0 bridgehead atoms. The zero-order chi connectivity index (χ0) is 13.3. The zero-order valence-electron chi connectivity index (χ0n) is 11.6. The quantitative estimate of drug-likeness (QED) is 0.862. The van der Waals surface area contributed by atoms with Crippen molar-refractivity contribution in [2.24, 2.45) is 11.7 Å². The lowest BCUT2D eigenvalue weighted by atomic mass is 10.1. The summed E-state index contributed by atoms with van der Waals surface area (Å²) in [5.74, 6) is 1.06. The topological polar surface area (TPSA) is 49.5 Å². The molecule has 3 heteroatoms. The highest BCUT2D eigenvalue weighted by Crippen LogP contribution is 2.27. The maximum atomic E-state index is 9.79. The van der Waals surface area contributed by atoms with E-state index in [9.17, 15) is 5.11 Å². The van der Waals surface area contributed by atoms with E-state index in [1.165, 1.54) is 12.0 Å². The van der Waals surface area contributed by atoms with Crippen LogP contribution < -0.4 is 5.73 Å². The van der Waals surface area contributed by atoms with Gasteiger partial charge in [0.2, 0.25) is 0 Å². The molecule has 18 heavy (non-hydrogen) atoms. The van der Waals surface area contributed by atoms with Crippen LogP contribution in [-0.4, -0.2) is 29.1 Å². The number of nitrogens with zero attached hydrogens (tertiary/aromatic N) is 1. The predicted octanol–water partition coefficient (Wildman–Crippen LogP) is 2.18. The van der Waals surface area contributed by atoms with Gasteiger partial charge in [0, 0.05) is 19.1 Å². The molecule has 2 atom stereocenters. The average Bonchev–Trinajstić information content (AvgIpc) is 2.67. The molecule has 0 radical (unpaired) electrons. The molecular formula is C15H24N2O. The van der Waals surface area contributed by atoms with E-state index in [1.807, 2.05) is 13.8 Å². The molecule has 1 aromatic carbocycles. The van der Waals surface area contributed by atoms with Crippen molar-refractivity contribution in [2.45, 2.75) is 39.8 Å². The van der Waals surface area contributed by atoms with Crippen molar-refractivity contribution in [1.82, 2.24) is 4.90 Å². The number of hydrogen-bond acceptors (Lipinski definition) is 3. The standard InChI is InChI=1S/C15H24N2O/c1-10-4-13(5-11(2)15(10)18)8-17-9-14(7-16)6-12(17)3/h4-5,12,14,18H,6-9,16H2,1-3H3. The lowest BCUT2D eigenvalue weighted by molar-refractivity contribution is 0.255. The first-order chi connectivity index (χ1) is 8.51. The van der Waals surface area contributed by atoms with E-state index in [4.69, 9.17) is 5.73 Å². The van der Waals surface area contributed by atoms with Gasteiger partial charge in [-0.25, -0.2) is 0 Å². The molecule has 1 heterocycles. The van der Waals surface area contributed by atoms with Gasteiger partial charge in [-0.3, -0.25) is 4.90 Å². The van der Waals surface area contributed by atoms with Crippen molar-refractivity contribution < 1.29 is 5.11 Å². The maximum Gasteiger partial charge on any atom is 0.121 e. The third-order valence-electron chi connectivity index (χ3n) is 4.06. The van der Waals surface area contributed by atoms with Crippen molar-refractivity contribution in [3.8, 4) is 5.75 Å². The fourth-order valence-corrected chi connectivity index (χ4v) is 2.98. The van der Waals surface area contributed by atoms with Gasteiger partial charge in [-0.1, -0.05) is 12.1 Å². The summed E-state index contributed by atoms with van der Waals surface area (Å²) in [4.78, 5) is 2.49. The van der Waals surface area contributed by atoms with Gasteiger partial charge in [-0.15, -0.1) is 0 Å². The number of likely N-dealkylation sites (tertiary alicyclic amines) is 1. The van der Waals surface area contributed by atoms with Crippen LogP contribution in [0.5, 0.6) is 5.75 Å². The van der Waals surface area contributed by atoms with Crippen LogP contribution in [0.25, 0.3) is 0 Å². The van der Waals surface area contributed by atoms with Crippen LogP contribution in [0.15, 0.2) is 12.1 Å². The Balaban J connectivity index is 2.10. The number of benzene rings is 1. The number of phenols is 1. The molecule has 0 aliphatic carbocycles. The van der Waals surface area contributed by atoms with Crippen molar-refractivity contribution in [2.75, 3.05) is 13.1 Å². The summed E-state index contributed by atoms with van der Waals surface area (Å²) in [5.41, 5.74) is 8.97. The molecule has 3 nitrogen and oxygen atoms in total. The fourth-order valence-electron chi connectivity index (χ4n) is 2.98. The van der Waals surface area contributed by atoms with E-state index in [-0.39, 0.29) is 0 Å². The second-order valence-electron chi connectivity index (χ2n) is 5.69. The van der Waals surface area contributed by atoms with Gasteiger partial charge < -0.3 is 10.8 Å². The van der Waals surface area contributed by atoms with Crippen LogP contribution in [0, 0.1) is 19.8 Å². The third kappa shape index (κ3) is 2.68. The fraction of sp³-hybridized carbons (Fsp3) is 0.600. The molecule has 0 aromatic heterocycles. The first-order valence-corrected chi connectivity index (χ1v) is 6.74. The van der Waals surface area contributed by atoms with Crippen LogP contribution in [0.3, 0.4) is 0 Å². The Morgan fingerprint density at radius 3 is 2.44 bits per heavy atom. The van der Waals surface area contributed by atoms with Gasteiger partial charge in [0.1, 0.15) is 5.75 Å². The van der Waals surface area contributed by atoms with Crippen LogP contribution in [0.4, 0.5) is 0 Å².